The van der Waals surface area contributed by atoms with Crippen molar-refractivity contribution in [3.63, 3.8) is 0 Å². The minimum Gasteiger partial charge on any atom is -0.309 e. The molecule has 12 nitrogen and oxygen atoms in total. The molecule has 0 aliphatic heterocycles. The molecule has 0 fully saturated rings. The summed E-state index contributed by atoms with van der Waals surface area (Å²) in [4.78, 5) is 44.6. The smallest absolute Gasteiger partial charge is 0.160 e. The van der Waals surface area contributed by atoms with Gasteiger partial charge in [-0.05, 0) is 195 Å². The van der Waals surface area contributed by atoms with Gasteiger partial charge in [-0.25, -0.2) is 29.9 Å². The van der Waals surface area contributed by atoms with Gasteiger partial charge in [-0.2, -0.15) is 0 Å². The topological polar surface area (TPSA) is 131 Å². The lowest BCUT2D eigenvalue weighted by Gasteiger charge is -2.12. The number of nitrogens with zero attached hydrogens (tertiary/aromatic N) is 12. The zero-order valence-corrected chi connectivity index (χ0v) is 80.7. The fraction of sp³-hybridized carbons (Fsp3) is 0. The number of fused-ring (bicyclic) bond motifs is 14. The number of hydrogen-bond donors (Lipinski definition) is 0. The van der Waals surface area contributed by atoms with Crippen LogP contribution in [0.3, 0.4) is 0 Å². The van der Waals surface area contributed by atoms with Crippen molar-refractivity contribution in [1.82, 2.24) is 58.6 Å². The summed E-state index contributed by atoms with van der Waals surface area (Å²) in [6.07, 6.45) is 5.63. The van der Waals surface area contributed by atoms with Crippen LogP contribution in [-0.4, -0.2) is 58.6 Å². The van der Waals surface area contributed by atoms with E-state index in [1.165, 1.54) is 97.7 Å². The first-order chi connectivity index (χ1) is 73.8. The Morgan fingerprint density at radius 1 is 0.141 bits per heavy atom. The van der Waals surface area contributed by atoms with Crippen molar-refractivity contribution in [1.29, 1.82) is 0 Å². The van der Waals surface area contributed by atoms with E-state index < -0.39 is 0 Å². The van der Waals surface area contributed by atoms with E-state index >= 15 is 0 Å². The highest BCUT2D eigenvalue weighted by Crippen LogP contribution is 2.42. The molecule has 0 aliphatic carbocycles. The fourth-order valence-corrected chi connectivity index (χ4v) is 21.1. The van der Waals surface area contributed by atoms with Crippen molar-refractivity contribution in [2.24, 2.45) is 0 Å². The molecule has 0 unspecified atom stereocenters. The van der Waals surface area contributed by atoms with Crippen molar-refractivity contribution in [3.8, 4) is 152 Å². The molecule has 0 atom stereocenters. The Balaban J connectivity index is 0.000000110. The zero-order chi connectivity index (χ0) is 98.6. The zero-order valence-electron chi connectivity index (χ0n) is 80.7. The third-order valence-electron chi connectivity index (χ3n) is 28.6. The number of benzene rings is 20. The Kier molecular flexibility index (Phi) is 22.3. The highest BCUT2D eigenvalue weighted by atomic mass is 15.0. The minimum atomic E-state index is 0.685. The predicted octanol–water partition coefficient (Wildman–Crippen LogP) is 34.7. The van der Waals surface area contributed by atoms with Gasteiger partial charge < -0.3 is 13.7 Å². The lowest BCUT2D eigenvalue weighted by Crippen LogP contribution is -1.97. The maximum absolute atomic E-state index is 5.18. The molecule has 12 heteroatoms. The first-order valence-electron chi connectivity index (χ1n) is 50.1. The van der Waals surface area contributed by atoms with Crippen LogP contribution in [0.5, 0.6) is 0 Å². The summed E-state index contributed by atoms with van der Waals surface area (Å²) >= 11 is 0. The molecule has 9 heterocycles. The SMILES string of the molecule is c1ccc(-c2ccc(-c3nc(-c4ccc(-n5c6ccccc6c6ccccc65)cc4)cc(-c4ccc5ccccc5c4)n3)cc2)nc1.c1ccc2cc(-c3cc(-c4ccc(-n5c6ccccc6c6ccccc65)cc4)nc(-c4ccc(-c5ccnc6ccccc56)cc4)n3)ccc2c1.c1ccc2cc(-c3cc(-c4ccc(-n5c6ccccc6c6ccccc65)cc4)nc(-c4ccc(-c5cnc6ccccc6c5)cc4)n3)ccc2c1. The summed E-state index contributed by atoms with van der Waals surface area (Å²) in [5, 5.41) is 16.9. The number of hydrogen-bond acceptors (Lipinski definition) is 9. The Morgan fingerprint density at radius 2 is 0.409 bits per heavy atom. The average molecular weight is 1900 g/mol. The summed E-state index contributed by atoms with van der Waals surface area (Å²) in [7, 11) is 0. The van der Waals surface area contributed by atoms with Gasteiger partial charge in [-0.1, -0.05) is 370 Å². The van der Waals surface area contributed by atoms with Crippen LogP contribution in [-0.2, 0) is 0 Å². The van der Waals surface area contributed by atoms with Gasteiger partial charge in [-0.15, -0.1) is 0 Å². The second-order valence-electron chi connectivity index (χ2n) is 37.6. The molecule has 29 aromatic rings. The third-order valence-corrected chi connectivity index (χ3v) is 28.6. The van der Waals surface area contributed by atoms with Crippen molar-refractivity contribution in [2.75, 3.05) is 0 Å². The molecule has 0 N–H and O–H groups in total. The van der Waals surface area contributed by atoms with E-state index in [0.29, 0.717) is 17.5 Å². The summed E-state index contributed by atoms with van der Waals surface area (Å²) in [5.41, 5.74) is 33.3. The molecule has 20 aromatic carbocycles. The molecule has 0 aliphatic rings. The van der Waals surface area contributed by atoms with Gasteiger partial charge in [-0.3, -0.25) is 15.0 Å². The normalized spacial score (nSPS) is 11.5. The third kappa shape index (κ3) is 16.8. The molecular formula is C137H88N12. The van der Waals surface area contributed by atoms with E-state index in [0.717, 1.165) is 157 Å². The average Bonchev–Trinajstić information content (AvgIpc) is 1.59. The van der Waals surface area contributed by atoms with Gasteiger partial charge in [0.1, 0.15) is 0 Å². The van der Waals surface area contributed by atoms with Crippen molar-refractivity contribution in [3.05, 3.63) is 534 Å². The van der Waals surface area contributed by atoms with E-state index in [-0.39, 0.29) is 0 Å². The molecule has 0 amide bonds. The Bertz CT molecular complexity index is 10000. The van der Waals surface area contributed by atoms with Crippen LogP contribution in [0.2, 0.25) is 0 Å². The van der Waals surface area contributed by atoms with Gasteiger partial charge in [0.2, 0.25) is 0 Å². The number of pyridine rings is 3. The lowest BCUT2D eigenvalue weighted by atomic mass is 9.99. The van der Waals surface area contributed by atoms with Crippen LogP contribution in [0, 0.1) is 0 Å². The molecule has 0 saturated heterocycles. The number of rotatable bonds is 15. The van der Waals surface area contributed by atoms with Crippen LogP contribution in [0.15, 0.2) is 534 Å². The Hall–Kier alpha value is -20.2. The minimum absolute atomic E-state index is 0.685. The molecule has 9 aromatic heterocycles. The number of para-hydroxylation sites is 8. The molecular weight excluding hydrogens is 1810 g/mol. The fourth-order valence-electron chi connectivity index (χ4n) is 21.1. The maximum Gasteiger partial charge on any atom is 0.160 e. The first kappa shape index (κ1) is 87.8. The predicted molar refractivity (Wildman–Crippen MR) is 615 cm³/mol. The highest BCUT2D eigenvalue weighted by Gasteiger charge is 2.22. The molecule has 696 valence electrons. The van der Waals surface area contributed by atoms with E-state index in [9.17, 15) is 0 Å². The molecule has 0 spiro atoms. The van der Waals surface area contributed by atoms with Crippen molar-refractivity contribution < 1.29 is 0 Å². The largest absolute Gasteiger partial charge is 0.309 e. The van der Waals surface area contributed by atoms with Crippen LogP contribution < -0.4 is 0 Å². The lowest BCUT2D eigenvalue weighted by molar-refractivity contribution is 1.17. The quantitative estimate of drug-likeness (QED) is 0.0984. The van der Waals surface area contributed by atoms with Gasteiger partial charge in [0.25, 0.3) is 0 Å². The highest BCUT2D eigenvalue weighted by molar-refractivity contribution is 6.12. The monoisotopic (exact) mass is 1900 g/mol. The molecule has 0 saturated carbocycles. The van der Waals surface area contributed by atoms with Crippen LogP contribution in [0.4, 0.5) is 0 Å². The van der Waals surface area contributed by atoms with Crippen molar-refractivity contribution in [2.45, 2.75) is 0 Å². The van der Waals surface area contributed by atoms with E-state index in [1.807, 2.05) is 61.1 Å². The van der Waals surface area contributed by atoms with Gasteiger partial charge in [0.05, 0.1) is 84.0 Å². The van der Waals surface area contributed by atoms with Gasteiger partial charge in [0.15, 0.2) is 17.5 Å². The second-order valence-corrected chi connectivity index (χ2v) is 37.6. The molecule has 0 bridgehead atoms. The van der Waals surface area contributed by atoms with Crippen LogP contribution >= 0.6 is 0 Å². The van der Waals surface area contributed by atoms with Crippen LogP contribution in [0.25, 0.3) is 272 Å². The standard InChI is InChI=1S/2C47H30N4.C43H28N4/c1-2-10-35-29-36(22-17-31(35)9-1)44-30-43(33-23-25-37(26-24-33)51-45-15-7-4-12-40(45)41-13-5-8-16-46(41)51)49-47(50-44)34-20-18-32(19-21-34)38-27-28-48-42-14-6-3-11-39(38)42;1-2-10-35-27-37(22-19-31(35)9-1)44-29-43(33-23-25-39(26-24-33)51-45-15-7-4-12-40(45)41-13-5-8-16-46(41)51)49-47(50-44)34-20-17-32(18-21-34)38-28-36-11-3-6-14-42(36)48-30-38;1-2-10-33-27-34(21-16-29(33)9-1)40-28-39(45-43(46-40)32-19-17-30(18-20-32)38-13-7-8-26-44-38)31-22-24-35(25-23-31)47-41-14-5-3-11-36(41)37-12-4-6-15-42(37)47/h2*1-30H;1-28H. The van der Waals surface area contributed by atoms with E-state index in [4.69, 9.17) is 29.9 Å². The first-order valence-corrected chi connectivity index (χ1v) is 50.1. The van der Waals surface area contributed by atoms with E-state index in [2.05, 4.69) is 502 Å². The number of aromatic nitrogens is 12. The molecule has 0 radical (unpaired) electrons. The Morgan fingerprint density at radius 3 is 0.772 bits per heavy atom. The molecule has 29 rings (SSSR count). The summed E-state index contributed by atoms with van der Waals surface area (Å²) in [6, 6.07) is 181. The van der Waals surface area contributed by atoms with Gasteiger partial charge in [0, 0.05) is 140 Å². The summed E-state index contributed by atoms with van der Waals surface area (Å²) in [6.45, 7) is 0. The molecule has 149 heavy (non-hydrogen) atoms. The maximum atomic E-state index is 5.18. The van der Waals surface area contributed by atoms with Crippen LogP contribution in [0.1, 0.15) is 0 Å². The second kappa shape index (κ2) is 37.9. The Labute approximate surface area is 858 Å². The van der Waals surface area contributed by atoms with Crippen molar-refractivity contribution >= 4 is 120 Å². The van der Waals surface area contributed by atoms with Gasteiger partial charge >= 0.3 is 0 Å². The summed E-state index contributed by atoms with van der Waals surface area (Å²) < 4.78 is 7.02. The summed E-state index contributed by atoms with van der Waals surface area (Å²) in [5.74, 6) is 2.06. The van der Waals surface area contributed by atoms with E-state index in [1.54, 1.807) is 0 Å².